The lowest BCUT2D eigenvalue weighted by molar-refractivity contribution is 0.111. The van der Waals surface area contributed by atoms with Gasteiger partial charge in [0.15, 0.2) is 6.29 Å². The summed E-state index contributed by atoms with van der Waals surface area (Å²) in [5.41, 5.74) is 2.16. The first-order valence-corrected chi connectivity index (χ1v) is 7.33. The number of ether oxygens (including phenoxy) is 1. The van der Waals surface area contributed by atoms with Crippen molar-refractivity contribution in [3.05, 3.63) is 65.7 Å². The van der Waals surface area contributed by atoms with Crippen LogP contribution in [-0.2, 0) is 6.42 Å². The molecule has 0 aliphatic carbocycles. The summed E-state index contributed by atoms with van der Waals surface area (Å²) >= 11 is 0. The minimum absolute atomic E-state index is 0.353. The van der Waals surface area contributed by atoms with Gasteiger partial charge in [-0.3, -0.25) is 4.79 Å². The SMILES string of the molecule is Cc1oc(-c2ccccc2)nc1CCOc1cccc(C=O)n1. The molecule has 0 radical (unpaired) electrons. The summed E-state index contributed by atoms with van der Waals surface area (Å²) in [4.78, 5) is 19.3. The lowest BCUT2D eigenvalue weighted by Gasteiger charge is -2.04. The topological polar surface area (TPSA) is 65.2 Å². The number of nitrogens with zero attached hydrogens (tertiary/aromatic N) is 2. The summed E-state index contributed by atoms with van der Waals surface area (Å²) in [6, 6.07) is 14.9. The number of oxazole rings is 1. The Kier molecular flexibility index (Phi) is 4.47. The highest BCUT2D eigenvalue weighted by atomic mass is 16.5. The van der Waals surface area contributed by atoms with E-state index in [1.165, 1.54) is 0 Å². The van der Waals surface area contributed by atoms with Crippen LogP contribution in [0.2, 0.25) is 0 Å². The third-order valence-corrected chi connectivity index (χ3v) is 3.37. The van der Waals surface area contributed by atoms with E-state index >= 15 is 0 Å². The Balaban J connectivity index is 1.64. The number of rotatable bonds is 6. The summed E-state index contributed by atoms with van der Waals surface area (Å²) in [6.07, 6.45) is 1.30. The van der Waals surface area contributed by atoms with E-state index in [1.54, 1.807) is 18.2 Å². The summed E-state index contributed by atoms with van der Waals surface area (Å²) in [5, 5.41) is 0. The van der Waals surface area contributed by atoms with E-state index in [1.807, 2.05) is 37.3 Å². The Morgan fingerprint density at radius 2 is 1.91 bits per heavy atom. The molecule has 0 unspecified atom stereocenters. The van der Waals surface area contributed by atoms with Crippen LogP contribution in [-0.4, -0.2) is 22.9 Å². The predicted molar refractivity (Wildman–Crippen MR) is 85.5 cm³/mol. The van der Waals surface area contributed by atoms with Crippen molar-refractivity contribution in [3.8, 4) is 17.3 Å². The maximum Gasteiger partial charge on any atom is 0.226 e. The fourth-order valence-corrected chi connectivity index (χ4v) is 2.19. The second-order valence-electron chi connectivity index (χ2n) is 5.00. The second kappa shape index (κ2) is 6.87. The van der Waals surface area contributed by atoms with Crippen molar-refractivity contribution < 1.29 is 13.9 Å². The third-order valence-electron chi connectivity index (χ3n) is 3.37. The Labute approximate surface area is 134 Å². The second-order valence-corrected chi connectivity index (χ2v) is 5.00. The zero-order chi connectivity index (χ0) is 16.1. The number of aldehydes is 1. The molecule has 23 heavy (non-hydrogen) atoms. The van der Waals surface area contributed by atoms with Crippen molar-refractivity contribution >= 4 is 6.29 Å². The molecule has 116 valence electrons. The molecule has 5 nitrogen and oxygen atoms in total. The maximum atomic E-state index is 10.7. The molecule has 2 aromatic heterocycles. The molecule has 2 heterocycles. The molecule has 0 spiro atoms. The Morgan fingerprint density at radius 3 is 2.70 bits per heavy atom. The summed E-state index contributed by atoms with van der Waals surface area (Å²) in [6.45, 7) is 2.30. The van der Waals surface area contributed by atoms with Crippen LogP contribution >= 0.6 is 0 Å². The highest BCUT2D eigenvalue weighted by Gasteiger charge is 2.11. The summed E-state index contributed by atoms with van der Waals surface area (Å²) < 4.78 is 11.3. The lowest BCUT2D eigenvalue weighted by atomic mass is 10.2. The number of benzene rings is 1. The minimum atomic E-state index is 0.353. The van der Waals surface area contributed by atoms with Crippen LogP contribution in [0.15, 0.2) is 52.9 Å². The quantitative estimate of drug-likeness (QED) is 0.652. The van der Waals surface area contributed by atoms with Crippen LogP contribution in [0, 0.1) is 6.92 Å². The zero-order valence-corrected chi connectivity index (χ0v) is 12.7. The van der Waals surface area contributed by atoms with Crippen molar-refractivity contribution in [2.24, 2.45) is 0 Å². The molecule has 1 aromatic carbocycles. The zero-order valence-electron chi connectivity index (χ0n) is 12.7. The van der Waals surface area contributed by atoms with Crippen LogP contribution in [0.1, 0.15) is 21.9 Å². The minimum Gasteiger partial charge on any atom is -0.477 e. The van der Waals surface area contributed by atoms with Crippen LogP contribution in [0.5, 0.6) is 5.88 Å². The molecule has 0 aliphatic rings. The average Bonchev–Trinajstić information content (AvgIpc) is 2.97. The van der Waals surface area contributed by atoms with E-state index in [-0.39, 0.29) is 0 Å². The standard InChI is InChI=1S/C18H16N2O3/c1-13-16(20-18(23-13)14-6-3-2-4-7-14)10-11-22-17-9-5-8-15(12-21)19-17/h2-9,12H,10-11H2,1H3. The van der Waals surface area contributed by atoms with E-state index in [9.17, 15) is 4.79 Å². The predicted octanol–water partition coefficient (Wildman–Crippen LogP) is 3.48. The van der Waals surface area contributed by atoms with E-state index in [0.717, 1.165) is 17.0 Å². The Bertz CT molecular complexity index is 797. The van der Waals surface area contributed by atoms with Gasteiger partial charge < -0.3 is 9.15 Å². The molecule has 3 aromatic rings. The molecule has 0 aliphatic heterocycles. The van der Waals surface area contributed by atoms with E-state index < -0.39 is 0 Å². The van der Waals surface area contributed by atoms with Gasteiger partial charge >= 0.3 is 0 Å². The number of hydrogen-bond acceptors (Lipinski definition) is 5. The van der Waals surface area contributed by atoms with Crippen molar-refractivity contribution in [3.63, 3.8) is 0 Å². The first kappa shape index (κ1) is 15.0. The summed E-state index contributed by atoms with van der Waals surface area (Å²) in [5.74, 6) is 1.82. The largest absolute Gasteiger partial charge is 0.477 e. The average molecular weight is 308 g/mol. The third kappa shape index (κ3) is 3.63. The monoisotopic (exact) mass is 308 g/mol. The smallest absolute Gasteiger partial charge is 0.226 e. The lowest BCUT2D eigenvalue weighted by Crippen LogP contribution is -2.04. The van der Waals surface area contributed by atoms with Crippen molar-refractivity contribution in [2.75, 3.05) is 6.61 Å². The normalized spacial score (nSPS) is 10.5. The number of aromatic nitrogens is 2. The molecule has 3 rings (SSSR count). The highest BCUT2D eigenvalue weighted by Crippen LogP contribution is 2.21. The van der Waals surface area contributed by atoms with Gasteiger partial charge in [-0.05, 0) is 25.1 Å². The number of hydrogen-bond donors (Lipinski definition) is 0. The molecule has 0 amide bonds. The molecule has 0 N–H and O–H groups in total. The van der Waals surface area contributed by atoms with Crippen molar-refractivity contribution in [1.29, 1.82) is 0 Å². The van der Waals surface area contributed by atoms with Gasteiger partial charge in [0, 0.05) is 18.1 Å². The van der Waals surface area contributed by atoms with Gasteiger partial charge in [0.2, 0.25) is 11.8 Å². The van der Waals surface area contributed by atoms with Crippen LogP contribution in [0.3, 0.4) is 0 Å². The van der Waals surface area contributed by atoms with Gasteiger partial charge in [-0.2, -0.15) is 0 Å². The number of carbonyl (C=O) groups excluding carboxylic acids is 1. The van der Waals surface area contributed by atoms with Gasteiger partial charge in [0.1, 0.15) is 11.5 Å². The van der Waals surface area contributed by atoms with Crippen LogP contribution in [0.25, 0.3) is 11.5 Å². The van der Waals surface area contributed by atoms with Gasteiger partial charge in [-0.1, -0.05) is 24.3 Å². The highest BCUT2D eigenvalue weighted by molar-refractivity contribution is 5.71. The van der Waals surface area contributed by atoms with Gasteiger partial charge in [0.05, 0.1) is 12.3 Å². The van der Waals surface area contributed by atoms with Gasteiger partial charge in [-0.25, -0.2) is 9.97 Å². The maximum absolute atomic E-state index is 10.7. The van der Waals surface area contributed by atoms with Crippen molar-refractivity contribution in [1.82, 2.24) is 9.97 Å². The molecule has 5 heteroatoms. The number of carbonyl (C=O) groups is 1. The Morgan fingerprint density at radius 1 is 1.09 bits per heavy atom. The van der Waals surface area contributed by atoms with Gasteiger partial charge in [0.25, 0.3) is 0 Å². The fourth-order valence-electron chi connectivity index (χ4n) is 2.19. The molecular weight excluding hydrogens is 292 g/mol. The van der Waals surface area contributed by atoms with Crippen molar-refractivity contribution in [2.45, 2.75) is 13.3 Å². The van der Waals surface area contributed by atoms with E-state index in [2.05, 4.69) is 9.97 Å². The fraction of sp³-hybridized carbons (Fsp3) is 0.167. The molecule has 0 atom stereocenters. The first-order valence-electron chi connectivity index (χ1n) is 7.33. The number of pyridine rings is 1. The summed E-state index contributed by atoms with van der Waals surface area (Å²) in [7, 11) is 0. The molecule has 0 bridgehead atoms. The van der Waals surface area contributed by atoms with E-state index in [4.69, 9.17) is 9.15 Å². The Hall–Kier alpha value is -2.95. The van der Waals surface area contributed by atoms with E-state index in [0.29, 0.717) is 36.8 Å². The molecule has 0 saturated carbocycles. The molecule has 0 saturated heterocycles. The first-order chi connectivity index (χ1) is 11.3. The van der Waals surface area contributed by atoms with Crippen LogP contribution < -0.4 is 4.74 Å². The van der Waals surface area contributed by atoms with Gasteiger partial charge in [-0.15, -0.1) is 0 Å². The molecular formula is C18H16N2O3. The molecule has 0 fully saturated rings. The van der Waals surface area contributed by atoms with Crippen LogP contribution in [0.4, 0.5) is 0 Å². The number of aryl methyl sites for hydroxylation is 1.